The maximum atomic E-state index is 12.5. The number of likely N-dealkylation sites (tertiary alicyclic amines) is 1. The van der Waals surface area contributed by atoms with Crippen LogP contribution >= 0.6 is 11.6 Å². The Morgan fingerprint density at radius 2 is 2.11 bits per heavy atom. The second-order valence-corrected chi connectivity index (χ2v) is 6.25. The molecule has 3 rings (SSSR count). The molecule has 1 heterocycles. The molecule has 1 saturated heterocycles. The van der Waals surface area contributed by atoms with Crippen molar-refractivity contribution in [3.05, 3.63) is 34.3 Å². The number of nitrogens with two attached hydrogens (primary N) is 1. The van der Waals surface area contributed by atoms with Crippen LogP contribution in [0.2, 0.25) is 5.02 Å². The molecule has 4 heteroatoms. The summed E-state index contributed by atoms with van der Waals surface area (Å²) in [5.74, 6) is 1.29. The lowest BCUT2D eigenvalue weighted by Gasteiger charge is -2.16. The Kier molecular flexibility index (Phi) is 3.27. The highest BCUT2D eigenvalue weighted by Crippen LogP contribution is 2.41. The quantitative estimate of drug-likeness (QED) is 0.903. The van der Waals surface area contributed by atoms with Gasteiger partial charge in [-0.15, -0.1) is 0 Å². The molecule has 1 saturated carbocycles. The summed E-state index contributed by atoms with van der Waals surface area (Å²) in [6, 6.07) is 5.64. The lowest BCUT2D eigenvalue weighted by atomic mass is 9.99. The zero-order valence-corrected chi connectivity index (χ0v) is 11.9. The van der Waals surface area contributed by atoms with E-state index in [1.54, 1.807) is 6.07 Å². The highest BCUT2D eigenvalue weighted by molar-refractivity contribution is 6.31. The SMILES string of the molecule is Cc1ccc(C(=O)N2C[C@@H](N)[C@H](C3CC3)C2)cc1Cl. The molecule has 1 aromatic rings. The first-order chi connectivity index (χ1) is 9.06. The van der Waals surface area contributed by atoms with Crippen molar-refractivity contribution in [3.63, 3.8) is 0 Å². The van der Waals surface area contributed by atoms with Crippen LogP contribution in [-0.2, 0) is 0 Å². The van der Waals surface area contributed by atoms with E-state index in [2.05, 4.69) is 0 Å². The Balaban J connectivity index is 1.75. The number of rotatable bonds is 2. The number of nitrogens with zero attached hydrogens (tertiary/aromatic N) is 1. The van der Waals surface area contributed by atoms with Crippen molar-refractivity contribution in [2.45, 2.75) is 25.8 Å². The van der Waals surface area contributed by atoms with Crippen LogP contribution in [0.25, 0.3) is 0 Å². The smallest absolute Gasteiger partial charge is 0.253 e. The standard InChI is InChI=1S/C15H19ClN2O/c1-9-2-3-11(6-13(9)16)15(19)18-7-12(10-4-5-10)14(17)8-18/h2-3,6,10,12,14H,4-5,7-8,17H2,1H3/t12-,14+/m0/s1. The molecule has 1 aromatic carbocycles. The van der Waals surface area contributed by atoms with Crippen LogP contribution < -0.4 is 5.73 Å². The van der Waals surface area contributed by atoms with Gasteiger partial charge in [0, 0.05) is 29.7 Å². The number of carbonyl (C=O) groups is 1. The van der Waals surface area contributed by atoms with Gasteiger partial charge in [-0.25, -0.2) is 0 Å². The molecular formula is C15H19ClN2O. The Hall–Kier alpha value is -1.06. The third kappa shape index (κ3) is 2.49. The van der Waals surface area contributed by atoms with E-state index in [1.807, 2.05) is 24.0 Å². The minimum atomic E-state index is 0.0560. The van der Waals surface area contributed by atoms with Gasteiger partial charge in [0.1, 0.15) is 0 Å². The van der Waals surface area contributed by atoms with Crippen LogP contribution in [0.5, 0.6) is 0 Å². The van der Waals surface area contributed by atoms with Gasteiger partial charge >= 0.3 is 0 Å². The first-order valence-electron chi connectivity index (χ1n) is 6.87. The zero-order valence-electron chi connectivity index (χ0n) is 11.1. The zero-order chi connectivity index (χ0) is 13.6. The summed E-state index contributed by atoms with van der Waals surface area (Å²) in [6.07, 6.45) is 2.55. The first kappa shape index (κ1) is 12.9. The maximum absolute atomic E-state index is 12.5. The molecule has 2 fully saturated rings. The van der Waals surface area contributed by atoms with Crippen LogP contribution in [0.15, 0.2) is 18.2 Å². The first-order valence-corrected chi connectivity index (χ1v) is 7.25. The van der Waals surface area contributed by atoms with E-state index in [0.29, 0.717) is 23.0 Å². The molecule has 102 valence electrons. The Labute approximate surface area is 118 Å². The number of amides is 1. The maximum Gasteiger partial charge on any atom is 0.253 e. The molecule has 3 nitrogen and oxygen atoms in total. The fourth-order valence-electron chi connectivity index (χ4n) is 2.95. The predicted octanol–water partition coefficient (Wildman–Crippen LogP) is 2.46. The molecule has 1 aliphatic heterocycles. The van der Waals surface area contributed by atoms with Crippen LogP contribution in [0.3, 0.4) is 0 Å². The Morgan fingerprint density at radius 3 is 2.74 bits per heavy atom. The molecule has 19 heavy (non-hydrogen) atoms. The normalized spacial score (nSPS) is 26.8. The number of hydrogen-bond donors (Lipinski definition) is 1. The molecule has 0 unspecified atom stereocenters. The summed E-state index contributed by atoms with van der Waals surface area (Å²) >= 11 is 6.09. The molecular weight excluding hydrogens is 260 g/mol. The van der Waals surface area contributed by atoms with Crippen molar-refractivity contribution < 1.29 is 4.79 Å². The van der Waals surface area contributed by atoms with E-state index in [-0.39, 0.29) is 11.9 Å². The number of carbonyl (C=O) groups excluding carboxylic acids is 1. The van der Waals surface area contributed by atoms with E-state index in [0.717, 1.165) is 18.0 Å². The molecule has 2 N–H and O–H groups in total. The highest BCUT2D eigenvalue weighted by Gasteiger charge is 2.42. The van der Waals surface area contributed by atoms with Crippen molar-refractivity contribution in [1.29, 1.82) is 0 Å². The number of benzene rings is 1. The van der Waals surface area contributed by atoms with Crippen LogP contribution in [0.4, 0.5) is 0 Å². The fourth-order valence-corrected chi connectivity index (χ4v) is 3.13. The van der Waals surface area contributed by atoms with Gasteiger partial charge in [-0.1, -0.05) is 17.7 Å². The molecule has 0 spiro atoms. The van der Waals surface area contributed by atoms with E-state index < -0.39 is 0 Å². The van der Waals surface area contributed by atoms with Gasteiger partial charge in [0.25, 0.3) is 5.91 Å². The molecule has 0 radical (unpaired) electrons. The Bertz CT molecular complexity index is 513. The summed E-state index contributed by atoms with van der Waals surface area (Å²) in [5, 5.41) is 0.646. The monoisotopic (exact) mass is 278 g/mol. The predicted molar refractivity (Wildman–Crippen MR) is 76.3 cm³/mol. The molecule has 1 aliphatic carbocycles. The molecule has 0 bridgehead atoms. The van der Waals surface area contributed by atoms with Gasteiger partial charge in [-0.2, -0.15) is 0 Å². The lowest BCUT2D eigenvalue weighted by Crippen LogP contribution is -2.32. The van der Waals surface area contributed by atoms with E-state index in [4.69, 9.17) is 17.3 Å². The second-order valence-electron chi connectivity index (χ2n) is 5.84. The van der Waals surface area contributed by atoms with Gasteiger partial charge in [0.2, 0.25) is 0 Å². The molecule has 2 aliphatic rings. The molecule has 1 amide bonds. The third-order valence-corrected chi connectivity index (χ3v) is 4.75. The molecule has 2 atom stereocenters. The van der Waals surface area contributed by atoms with E-state index >= 15 is 0 Å². The molecule has 0 aromatic heterocycles. The number of aryl methyl sites for hydroxylation is 1. The lowest BCUT2D eigenvalue weighted by molar-refractivity contribution is 0.0785. The van der Waals surface area contributed by atoms with Crippen LogP contribution in [-0.4, -0.2) is 29.9 Å². The number of halogens is 1. The minimum Gasteiger partial charge on any atom is -0.337 e. The van der Waals surface area contributed by atoms with Crippen molar-refractivity contribution in [1.82, 2.24) is 4.90 Å². The third-order valence-electron chi connectivity index (χ3n) is 4.35. The van der Waals surface area contributed by atoms with Crippen molar-refractivity contribution in [3.8, 4) is 0 Å². The van der Waals surface area contributed by atoms with Crippen molar-refractivity contribution in [2.24, 2.45) is 17.6 Å². The summed E-state index contributed by atoms with van der Waals surface area (Å²) in [5.41, 5.74) is 7.82. The van der Waals surface area contributed by atoms with Gasteiger partial charge in [-0.3, -0.25) is 4.79 Å². The van der Waals surface area contributed by atoms with Gasteiger partial charge in [0.05, 0.1) is 0 Å². The van der Waals surface area contributed by atoms with Crippen molar-refractivity contribution in [2.75, 3.05) is 13.1 Å². The number of hydrogen-bond acceptors (Lipinski definition) is 2. The van der Waals surface area contributed by atoms with Crippen LogP contribution in [0, 0.1) is 18.8 Å². The average molecular weight is 279 g/mol. The Morgan fingerprint density at radius 1 is 1.37 bits per heavy atom. The summed E-state index contributed by atoms with van der Waals surface area (Å²) in [4.78, 5) is 14.3. The minimum absolute atomic E-state index is 0.0560. The largest absolute Gasteiger partial charge is 0.337 e. The topological polar surface area (TPSA) is 46.3 Å². The fraction of sp³-hybridized carbons (Fsp3) is 0.533. The second kappa shape index (κ2) is 4.80. The van der Waals surface area contributed by atoms with Crippen LogP contribution in [0.1, 0.15) is 28.8 Å². The van der Waals surface area contributed by atoms with Gasteiger partial charge in [0.15, 0.2) is 0 Å². The van der Waals surface area contributed by atoms with Gasteiger partial charge in [-0.05, 0) is 49.3 Å². The van der Waals surface area contributed by atoms with E-state index in [9.17, 15) is 4.79 Å². The highest BCUT2D eigenvalue weighted by atomic mass is 35.5. The summed E-state index contributed by atoms with van der Waals surface area (Å²) in [6.45, 7) is 3.41. The van der Waals surface area contributed by atoms with E-state index in [1.165, 1.54) is 12.8 Å². The summed E-state index contributed by atoms with van der Waals surface area (Å²) in [7, 11) is 0. The van der Waals surface area contributed by atoms with Gasteiger partial charge < -0.3 is 10.6 Å². The average Bonchev–Trinajstić information content (AvgIpc) is 3.15. The van der Waals surface area contributed by atoms with Crippen molar-refractivity contribution >= 4 is 17.5 Å². The summed E-state index contributed by atoms with van der Waals surface area (Å²) < 4.78 is 0.